The Balaban J connectivity index is 2.08. The number of primary amides is 1. The smallest absolute Gasteiger partial charge is 0.236 e. The van der Waals surface area contributed by atoms with Gasteiger partial charge in [0.05, 0.1) is 6.54 Å². The van der Waals surface area contributed by atoms with Gasteiger partial charge >= 0.3 is 0 Å². The molecule has 0 aromatic heterocycles. The van der Waals surface area contributed by atoms with Crippen molar-refractivity contribution < 1.29 is 14.4 Å². The molecule has 17 heavy (non-hydrogen) atoms. The van der Waals surface area contributed by atoms with Crippen molar-refractivity contribution in [1.82, 2.24) is 10.6 Å². The van der Waals surface area contributed by atoms with Crippen LogP contribution in [0.2, 0.25) is 0 Å². The Bertz CT molecular complexity index is 298. The van der Waals surface area contributed by atoms with Crippen LogP contribution < -0.4 is 16.4 Å². The summed E-state index contributed by atoms with van der Waals surface area (Å²) in [6.45, 7) is 0.148. The number of carbonyl (C=O) groups excluding carboxylic acids is 3. The van der Waals surface area contributed by atoms with Gasteiger partial charge < -0.3 is 16.4 Å². The summed E-state index contributed by atoms with van der Waals surface area (Å²) >= 11 is 0. The molecule has 1 rings (SSSR count). The van der Waals surface area contributed by atoms with Crippen molar-refractivity contribution in [1.29, 1.82) is 0 Å². The van der Waals surface area contributed by atoms with E-state index in [9.17, 15) is 14.4 Å². The van der Waals surface area contributed by atoms with Crippen LogP contribution in [0.5, 0.6) is 0 Å². The Labute approximate surface area is 100 Å². The molecule has 6 heteroatoms. The summed E-state index contributed by atoms with van der Waals surface area (Å²) in [7, 11) is 0. The lowest BCUT2D eigenvalue weighted by molar-refractivity contribution is -0.126. The van der Waals surface area contributed by atoms with E-state index in [4.69, 9.17) is 5.73 Å². The minimum atomic E-state index is -0.576. The fraction of sp³-hybridized carbons (Fsp3) is 0.727. The molecule has 4 N–H and O–H groups in total. The van der Waals surface area contributed by atoms with E-state index >= 15 is 0 Å². The predicted octanol–water partition coefficient (Wildman–Crippen LogP) is -0.716. The predicted molar refractivity (Wildman–Crippen MR) is 61.8 cm³/mol. The Kier molecular flexibility index (Phi) is 5.45. The molecule has 0 radical (unpaired) electrons. The third-order valence-electron chi connectivity index (χ3n) is 2.84. The highest BCUT2D eigenvalue weighted by Crippen LogP contribution is 2.24. The molecule has 0 aromatic rings. The van der Waals surface area contributed by atoms with Crippen molar-refractivity contribution in [2.75, 3.05) is 13.1 Å². The molecule has 0 heterocycles. The number of carbonyl (C=O) groups is 3. The number of hydrogen-bond acceptors (Lipinski definition) is 3. The number of nitrogens with two attached hydrogens (primary N) is 1. The maximum atomic E-state index is 11.6. The maximum Gasteiger partial charge on any atom is 0.236 e. The minimum Gasteiger partial charge on any atom is -0.368 e. The van der Waals surface area contributed by atoms with Crippen LogP contribution in [0.25, 0.3) is 0 Å². The Morgan fingerprint density at radius 3 is 2.35 bits per heavy atom. The van der Waals surface area contributed by atoms with Crippen molar-refractivity contribution in [3.63, 3.8) is 0 Å². The monoisotopic (exact) mass is 241 g/mol. The summed E-state index contributed by atoms with van der Waals surface area (Å²) in [6, 6.07) is 0. The zero-order valence-electron chi connectivity index (χ0n) is 9.83. The van der Waals surface area contributed by atoms with Crippen molar-refractivity contribution in [3.8, 4) is 0 Å². The van der Waals surface area contributed by atoms with Gasteiger partial charge in [-0.25, -0.2) is 0 Å². The molecule has 0 bridgehead atoms. The van der Waals surface area contributed by atoms with Gasteiger partial charge in [0, 0.05) is 18.9 Å². The van der Waals surface area contributed by atoms with E-state index in [1.807, 2.05) is 0 Å². The largest absolute Gasteiger partial charge is 0.368 e. The van der Waals surface area contributed by atoms with E-state index in [1.54, 1.807) is 0 Å². The first-order valence-electron chi connectivity index (χ1n) is 5.92. The fourth-order valence-corrected chi connectivity index (χ4v) is 1.91. The second-order valence-electron chi connectivity index (χ2n) is 4.27. The first-order chi connectivity index (χ1) is 8.09. The van der Waals surface area contributed by atoms with Crippen LogP contribution in [0.4, 0.5) is 0 Å². The number of hydrogen-bond donors (Lipinski definition) is 3. The van der Waals surface area contributed by atoms with E-state index in [0.29, 0.717) is 6.54 Å². The molecule has 1 fully saturated rings. The van der Waals surface area contributed by atoms with Crippen LogP contribution in [0.1, 0.15) is 32.1 Å². The molecule has 0 saturated heterocycles. The van der Waals surface area contributed by atoms with Crippen LogP contribution in [-0.4, -0.2) is 30.8 Å². The van der Waals surface area contributed by atoms with Gasteiger partial charge in [-0.2, -0.15) is 0 Å². The normalized spacial score (nSPS) is 15.5. The summed E-state index contributed by atoms with van der Waals surface area (Å²) in [6.07, 6.45) is 4.28. The van der Waals surface area contributed by atoms with Crippen molar-refractivity contribution in [2.24, 2.45) is 11.7 Å². The standard InChI is InChI=1S/C11H19N3O3/c12-9(15)7-14-10(16)5-6-13-11(17)8-3-1-2-4-8/h8H,1-7H2,(H2,12,15)(H,13,17)(H,14,16). The number of nitrogens with one attached hydrogen (secondary N) is 2. The molecule has 3 amide bonds. The lowest BCUT2D eigenvalue weighted by atomic mass is 10.1. The second-order valence-corrected chi connectivity index (χ2v) is 4.27. The van der Waals surface area contributed by atoms with Crippen molar-refractivity contribution >= 4 is 17.7 Å². The van der Waals surface area contributed by atoms with E-state index in [2.05, 4.69) is 10.6 Å². The Morgan fingerprint density at radius 1 is 1.12 bits per heavy atom. The van der Waals surface area contributed by atoms with Gasteiger partial charge in [-0.05, 0) is 12.8 Å². The van der Waals surface area contributed by atoms with E-state index in [-0.39, 0.29) is 30.7 Å². The molecule has 1 saturated carbocycles. The van der Waals surface area contributed by atoms with Crippen LogP contribution in [-0.2, 0) is 14.4 Å². The summed E-state index contributed by atoms with van der Waals surface area (Å²) in [4.78, 5) is 33.2. The average molecular weight is 241 g/mol. The Hall–Kier alpha value is -1.59. The Morgan fingerprint density at radius 2 is 1.76 bits per heavy atom. The molecule has 0 unspecified atom stereocenters. The molecule has 0 aromatic carbocycles. The number of rotatable bonds is 6. The van der Waals surface area contributed by atoms with E-state index in [0.717, 1.165) is 25.7 Å². The molecule has 1 aliphatic rings. The van der Waals surface area contributed by atoms with Gasteiger partial charge in [0.2, 0.25) is 17.7 Å². The zero-order valence-corrected chi connectivity index (χ0v) is 9.83. The van der Waals surface area contributed by atoms with Gasteiger partial charge in [-0.3, -0.25) is 14.4 Å². The first kappa shape index (κ1) is 13.5. The van der Waals surface area contributed by atoms with E-state index in [1.165, 1.54) is 0 Å². The third kappa shape index (κ3) is 5.33. The van der Waals surface area contributed by atoms with Gasteiger partial charge in [0.25, 0.3) is 0 Å². The lowest BCUT2D eigenvalue weighted by Crippen LogP contribution is -2.36. The summed E-state index contributed by atoms with van der Waals surface area (Å²) in [5.74, 6) is -0.710. The lowest BCUT2D eigenvalue weighted by Gasteiger charge is -2.09. The molecule has 1 aliphatic carbocycles. The molecular weight excluding hydrogens is 222 g/mol. The summed E-state index contributed by atoms with van der Waals surface area (Å²) in [5, 5.41) is 5.09. The molecule has 96 valence electrons. The van der Waals surface area contributed by atoms with Crippen LogP contribution >= 0.6 is 0 Å². The maximum absolute atomic E-state index is 11.6. The van der Waals surface area contributed by atoms with Crippen LogP contribution in [0, 0.1) is 5.92 Å². The SMILES string of the molecule is NC(=O)CNC(=O)CCNC(=O)C1CCCC1. The van der Waals surface area contributed by atoms with Crippen LogP contribution in [0.15, 0.2) is 0 Å². The second kappa shape index (κ2) is 6.88. The van der Waals surface area contributed by atoms with Gasteiger partial charge in [-0.15, -0.1) is 0 Å². The van der Waals surface area contributed by atoms with Crippen molar-refractivity contribution in [2.45, 2.75) is 32.1 Å². The topological polar surface area (TPSA) is 101 Å². The molecule has 0 atom stereocenters. The summed E-state index contributed by atoms with van der Waals surface area (Å²) < 4.78 is 0. The van der Waals surface area contributed by atoms with E-state index < -0.39 is 5.91 Å². The third-order valence-corrected chi connectivity index (χ3v) is 2.84. The van der Waals surface area contributed by atoms with Crippen molar-refractivity contribution in [3.05, 3.63) is 0 Å². The fourth-order valence-electron chi connectivity index (χ4n) is 1.91. The first-order valence-corrected chi connectivity index (χ1v) is 5.92. The average Bonchev–Trinajstić information content (AvgIpc) is 2.79. The molecule has 0 aliphatic heterocycles. The number of amides is 3. The van der Waals surface area contributed by atoms with Gasteiger partial charge in [0.1, 0.15) is 0 Å². The van der Waals surface area contributed by atoms with Gasteiger partial charge in [0.15, 0.2) is 0 Å². The highest BCUT2D eigenvalue weighted by atomic mass is 16.2. The zero-order chi connectivity index (χ0) is 12.7. The molecular formula is C11H19N3O3. The highest BCUT2D eigenvalue weighted by Gasteiger charge is 2.22. The van der Waals surface area contributed by atoms with Gasteiger partial charge in [-0.1, -0.05) is 12.8 Å². The molecule has 6 nitrogen and oxygen atoms in total. The molecule has 0 spiro atoms. The minimum absolute atomic E-state index is 0.0326. The quantitative estimate of drug-likeness (QED) is 0.572. The highest BCUT2D eigenvalue weighted by molar-refractivity contribution is 5.84. The van der Waals surface area contributed by atoms with Crippen LogP contribution in [0.3, 0.4) is 0 Å². The summed E-state index contributed by atoms with van der Waals surface area (Å²) in [5.41, 5.74) is 4.88.